The predicted molar refractivity (Wildman–Crippen MR) is 118 cm³/mol. The number of benzene rings is 2. The molecule has 154 valence electrons. The van der Waals surface area contributed by atoms with Gasteiger partial charge in [0, 0.05) is 17.8 Å². The first kappa shape index (κ1) is 20.1. The van der Waals surface area contributed by atoms with Crippen LogP contribution in [0.5, 0.6) is 11.5 Å². The number of hydrogen-bond acceptors (Lipinski definition) is 7. The summed E-state index contributed by atoms with van der Waals surface area (Å²) in [6, 6.07) is 13.7. The van der Waals surface area contributed by atoms with Crippen LogP contribution in [0.4, 0.5) is 5.69 Å². The van der Waals surface area contributed by atoms with E-state index in [1.807, 2.05) is 31.2 Å². The second-order valence-corrected chi connectivity index (χ2v) is 9.16. The maximum Gasteiger partial charge on any atom is 0.262 e. The molecular weight excluding hydrogens is 422 g/mol. The van der Waals surface area contributed by atoms with Crippen LogP contribution < -0.4 is 14.2 Å². The average Bonchev–Trinajstić information content (AvgIpc) is 3.18. The van der Waals surface area contributed by atoms with Crippen LogP contribution in [-0.4, -0.2) is 32.6 Å². The molecule has 4 aromatic rings. The van der Waals surface area contributed by atoms with Gasteiger partial charge >= 0.3 is 0 Å². The quantitative estimate of drug-likeness (QED) is 0.474. The maximum absolute atomic E-state index is 12.9. The molecule has 30 heavy (non-hydrogen) atoms. The van der Waals surface area contributed by atoms with Gasteiger partial charge in [0.25, 0.3) is 10.0 Å². The van der Waals surface area contributed by atoms with Gasteiger partial charge in [-0.3, -0.25) is 4.72 Å². The number of nitrogens with one attached hydrogen (secondary N) is 1. The Balaban J connectivity index is 1.63. The van der Waals surface area contributed by atoms with Crippen LogP contribution in [0.3, 0.4) is 0 Å². The molecule has 2 heterocycles. The van der Waals surface area contributed by atoms with E-state index in [1.54, 1.807) is 18.3 Å². The number of fused-ring (bicyclic) bond motifs is 1. The molecule has 0 bridgehead atoms. The lowest BCUT2D eigenvalue weighted by Gasteiger charge is -2.13. The number of pyridine rings is 1. The third-order valence-corrected chi connectivity index (χ3v) is 6.94. The summed E-state index contributed by atoms with van der Waals surface area (Å²) in [6.45, 7) is 1.85. The fourth-order valence-electron chi connectivity index (χ4n) is 2.99. The fourth-order valence-corrected chi connectivity index (χ4v) is 5.04. The molecule has 0 unspecified atom stereocenters. The van der Waals surface area contributed by atoms with Gasteiger partial charge in [-0.05, 0) is 55.0 Å². The molecular formula is C21H19N3O4S2. The van der Waals surface area contributed by atoms with Crippen molar-refractivity contribution in [2.75, 3.05) is 18.9 Å². The van der Waals surface area contributed by atoms with Gasteiger partial charge in [0.1, 0.15) is 15.4 Å². The lowest BCUT2D eigenvalue weighted by molar-refractivity contribution is 0.354. The van der Waals surface area contributed by atoms with E-state index in [2.05, 4.69) is 14.7 Å². The minimum atomic E-state index is -3.80. The summed E-state index contributed by atoms with van der Waals surface area (Å²) < 4.78 is 38.8. The summed E-state index contributed by atoms with van der Waals surface area (Å²) in [4.78, 5) is 9.87. The van der Waals surface area contributed by atoms with Crippen molar-refractivity contribution in [3.8, 4) is 22.1 Å². The van der Waals surface area contributed by atoms with E-state index in [4.69, 9.17) is 9.47 Å². The molecule has 0 spiro atoms. The Labute approximate surface area is 178 Å². The molecule has 0 aliphatic rings. The number of methoxy groups -OCH3 is 2. The second kappa shape index (κ2) is 7.92. The van der Waals surface area contributed by atoms with Gasteiger partial charge < -0.3 is 9.47 Å². The zero-order valence-corrected chi connectivity index (χ0v) is 18.2. The van der Waals surface area contributed by atoms with E-state index >= 15 is 0 Å². The summed E-state index contributed by atoms with van der Waals surface area (Å²) in [6.07, 6.45) is 1.74. The normalized spacial score (nSPS) is 11.4. The van der Waals surface area contributed by atoms with E-state index < -0.39 is 10.0 Å². The smallest absolute Gasteiger partial charge is 0.262 e. The molecule has 2 aromatic heterocycles. The molecule has 0 atom stereocenters. The molecule has 0 saturated heterocycles. The summed E-state index contributed by atoms with van der Waals surface area (Å²) in [5.74, 6) is 0.805. The zero-order valence-electron chi connectivity index (χ0n) is 16.5. The highest BCUT2D eigenvalue weighted by Gasteiger charge is 2.18. The van der Waals surface area contributed by atoms with Gasteiger partial charge in [0.2, 0.25) is 0 Å². The first-order chi connectivity index (χ1) is 14.4. The second-order valence-electron chi connectivity index (χ2n) is 6.50. The monoisotopic (exact) mass is 441 g/mol. The summed E-state index contributed by atoms with van der Waals surface area (Å²) in [7, 11) is -0.843. The zero-order chi connectivity index (χ0) is 21.3. The van der Waals surface area contributed by atoms with Crippen LogP contribution in [0, 0.1) is 6.92 Å². The SMILES string of the molecule is COc1ccc(S(=O)(=O)Nc2ccc(-c3nc4cccnc4s3)cc2C)cc1OC. The number of aryl methyl sites for hydroxylation is 1. The Morgan fingerprint density at radius 2 is 1.80 bits per heavy atom. The number of aromatic nitrogens is 2. The van der Waals surface area contributed by atoms with E-state index in [0.29, 0.717) is 17.2 Å². The van der Waals surface area contributed by atoms with E-state index in [1.165, 1.54) is 37.7 Å². The first-order valence-corrected chi connectivity index (χ1v) is 11.3. The third kappa shape index (κ3) is 3.81. The van der Waals surface area contributed by atoms with Crippen molar-refractivity contribution in [1.82, 2.24) is 9.97 Å². The highest BCUT2D eigenvalue weighted by Crippen LogP contribution is 2.33. The molecule has 7 nitrogen and oxygen atoms in total. The van der Waals surface area contributed by atoms with Gasteiger partial charge in [0.05, 0.1) is 24.8 Å². The number of anilines is 1. The molecule has 0 aliphatic carbocycles. The molecule has 1 N–H and O–H groups in total. The van der Waals surface area contributed by atoms with Crippen LogP contribution in [0.15, 0.2) is 59.6 Å². The van der Waals surface area contributed by atoms with Crippen LogP contribution in [0.2, 0.25) is 0 Å². The molecule has 0 radical (unpaired) electrons. The topological polar surface area (TPSA) is 90.4 Å². The van der Waals surface area contributed by atoms with Crippen molar-refractivity contribution < 1.29 is 17.9 Å². The third-order valence-electron chi connectivity index (χ3n) is 4.55. The van der Waals surface area contributed by atoms with E-state index in [0.717, 1.165) is 26.5 Å². The van der Waals surface area contributed by atoms with Crippen LogP contribution in [0.1, 0.15) is 5.56 Å². The Bertz CT molecular complexity index is 1300. The standard InChI is InChI=1S/C21H19N3O4S2/c1-13-11-14(20-23-17-5-4-10-22-21(17)29-20)6-8-16(13)24-30(25,26)15-7-9-18(27-2)19(12-15)28-3/h4-12,24H,1-3H3. The number of rotatable bonds is 6. The van der Waals surface area contributed by atoms with Gasteiger partial charge in [-0.1, -0.05) is 11.3 Å². The molecule has 0 saturated carbocycles. The number of sulfonamides is 1. The van der Waals surface area contributed by atoms with Crippen LogP contribution in [0.25, 0.3) is 20.9 Å². The summed E-state index contributed by atoms with van der Waals surface area (Å²) in [5, 5.41) is 0.834. The summed E-state index contributed by atoms with van der Waals surface area (Å²) in [5.41, 5.74) is 3.02. The highest BCUT2D eigenvalue weighted by atomic mass is 32.2. The Hall–Kier alpha value is -3.17. The van der Waals surface area contributed by atoms with Crippen molar-refractivity contribution in [2.45, 2.75) is 11.8 Å². The Morgan fingerprint density at radius 3 is 2.50 bits per heavy atom. The van der Waals surface area contributed by atoms with Gasteiger partial charge in [0.15, 0.2) is 11.5 Å². The molecule has 9 heteroatoms. The van der Waals surface area contributed by atoms with Crippen molar-refractivity contribution in [3.63, 3.8) is 0 Å². The number of nitrogens with zero attached hydrogens (tertiary/aromatic N) is 2. The molecule has 0 aliphatic heterocycles. The number of hydrogen-bond donors (Lipinski definition) is 1. The molecule has 0 fully saturated rings. The molecule has 0 amide bonds. The van der Waals surface area contributed by atoms with Crippen molar-refractivity contribution in [2.24, 2.45) is 0 Å². The minimum Gasteiger partial charge on any atom is -0.493 e. The summed E-state index contributed by atoms with van der Waals surface area (Å²) >= 11 is 1.50. The lowest BCUT2D eigenvalue weighted by atomic mass is 10.1. The minimum absolute atomic E-state index is 0.0841. The molecule has 2 aromatic carbocycles. The van der Waals surface area contributed by atoms with Gasteiger partial charge in [-0.15, -0.1) is 0 Å². The fraction of sp³-hybridized carbons (Fsp3) is 0.143. The predicted octanol–water partition coefficient (Wildman–Crippen LogP) is 4.48. The van der Waals surface area contributed by atoms with E-state index in [-0.39, 0.29) is 4.90 Å². The number of thiazole rings is 1. The van der Waals surface area contributed by atoms with E-state index in [9.17, 15) is 8.42 Å². The average molecular weight is 442 g/mol. The number of ether oxygens (including phenoxy) is 2. The van der Waals surface area contributed by atoms with Crippen LogP contribution >= 0.6 is 11.3 Å². The highest BCUT2D eigenvalue weighted by molar-refractivity contribution is 7.92. The van der Waals surface area contributed by atoms with Crippen molar-refractivity contribution in [3.05, 3.63) is 60.3 Å². The molecule has 4 rings (SSSR count). The Kier molecular flexibility index (Phi) is 5.31. The Morgan fingerprint density at radius 1 is 1.00 bits per heavy atom. The maximum atomic E-state index is 12.9. The van der Waals surface area contributed by atoms with Crippen molar-refractivity contribution >= 4 is 37.4 Å². The van der Waals surface area contributed by atoms with Gasteiger partial charge in [-0.25, -0.2) is 18.4 Å². The largest absolute Gasteiger partial charge is 0.493 e. The first-order valence-electron chi connectivity index (χ1n) is 8.99. The van der Waals surface area contributed by atoms with Gasteiger partial charge in [-0.2, -0.15) is 0 Å². The lowest BCUT2D eigenvalue weighted by Crippen LogP contribution is -2.14. The van der Waals surface area contributed by atoms with Crippen LogP contribution in [-0.2, 0) is 10.0 Å². The van der Waals surface area contributed by atoms with Crippen molar-refractivity contribution in [1.29, 1.82) is 0 Å².